The van der Waals surface area contributed by atoms with Crippen molar-refractivity contribution in [3.05, 3.63) is 35.0 Å². The van der Waals surface area contributed by atoms with Gasteiger partial charge in [-0.1, -0.05) is 6.42 Å². The molecule has 5 heteroatoms. The Balaban J connectivity index is 1.79. The van der Waals surface area contributed by atoms with E-state index in [1.165, 1.54) is 36.1 Å². The molecule has 20 heavy (non-hydrogen) atoms. The van der Waals surface area contributed by atoms with Gasteiger partial charge in [0.1, 0.15) is 12.1 Å². The quantitative estimate of drug-likeness (QED) is 0.871. The van der Waals surface area contributed by atoms with Crippen LogP contribution in [0, 0.1) is 6.92 Å². The first-order chi connectivity index (χ1) is 9.74. The fourth-order valence-electron chi connectivity index (χ4n) is 2.85. The number of rotatable bonds is 3. The molecule has 0 aromatic carbocycles. The minimum Gasteiger partial charge on any atom is -0.366 e. The van der Waals surface area contributed by atoms with Gasteiger partial charge in [0.15, 0.2) is 0 Å². The summed E-state index contributed by atoms with van der Waals surface area (Å²) in [5.41, 5.74) is 4.82. The summed E-state index contributed by atoms with van der Waals surface area (Å²) >= 11 is 0. The third-order valence-electron chi connectivity index (χ3n) is 3.94. The Morgan fingerprint density at radius 2 is 2.05 bits per heavy atom. The molecule has 2 aromatic rings. The summed E-state index contributed by atoms with van der Waals surface area (Å²) in [4.78, 5) is 8.88. The maximum atomic E-state index is 4.45. The monoisotopic (exact) mass is 271 g/mol. The van der Waals surface area contributed by atoms with E-state index in [0.29, 0.717) is 0 Å². The van der Waals surface area contributed by atoms with Crippen LogP contribution in [0.25, 0.3) is 0 Å². The summed E-state index contributed by atoms with van der Waals surface area (Å²) in [5, 5.41) is 7.84. The van der Waals surface area contributed by atoms with Gasteiger partial charge in [0.05, 0.1) is 5.69 Å². The molecule has 0 atom stereocenters. The zero-order valence-electron chi connectivity index (χ0n) is 12.2. The molecule has 0 fully saturated rings. The van der Waals surface area contributed by atoms with E-state index < -0.39 is 0 Å². The maximum absolute atomic E-state index is 4.45. The fourth-order valence-corrected chi connectivity index (χ4v) is 2.85. The highest BCUT2D eigenvalue weighted by atomic mass is 15.3. The van der Waals surface area contributed by atoms with Gasteiger partial charge < -0.3 is 5.32 Å². The molecule has 0 saturated carbocycles. The normalized spacial score (nSPS) is 14.7. The van der Waals surface area contributed by atoms with E-state index in [4.69, 9.17) is 0 Å². The van der Waals surface area contributed by atoms with Crippen LogP contribution in [0.1, 0.15) is 41.8 Å². The summed E-state index contributed by atoms with van der Waals surface area (Å²) in [7, 11) is 1.95. The molecule has 0 radical (unpaired) electrons. The van der Waals surface area contributed by atoms with Crippen molar-refractivity contribution in [2.24, 2.45) is 7.05 Å². The van der Waals surface area contributed by atoms with Crippen LogP contribution in [0.3, 0.4) is 0 Å². The van der Waals surface area contributed by atoms with Crippen LogP contribution >= 0.6 is 0 Å². The lowest BCUT2D eigenvalue weighted by atomic mass is 10.1. The number of aromatic nitrogens is 4. The van der Waals surface area contributed by atoms with Gasteiger partial charge in [0.25, 0.3) is 0 Å². The van der Waals surface area contributed by atoms with Crippen molar-refractivity contribution in [2.45, 2.75) is 45.6 Å². The van der Waals surface area contributed by atoms with Crippen LogP contribution in [0.4, 0.5) is 5.82 Å². The number of aryl methyl sites for hydroxylation is 3. The molecule has 106 valence electrons. The second-order valence-corrected chi connectivity index (χ2v) is 5.48. The molecule has 1 N–H and O–H groups in total. The molecule has 0 saturated heterocycles. The average Bonchev–Trinajstić information content (AvgIpc) is 2.65. The Hall–Kier alpha value is -1.91. The minimum atomic E-state index is 0.767. The van der Waals surface area contributed by atoms with Gasteiger partial charge in [-0.15, -0.1) is 0 Å². The van der Waals surface area contributed by atoms with E-state index in [1.807, 2.05) is 18.7 Å². The Morgan fingerprint density at radius 1 is 1.20 bits per heavy atom. The van der Waals surface area contributed by atoms with Crippen LogP contribution in [0.15, 0.2) is 12.5 Å². The number of hydrogen-bond donors (Lipinski definition) is 1. The van der Waals surface area contributed by atoms with E-state index >= 15 is 0 Å². The van der Waals surface area contributed by atoms with Crippen molar-refractivity contribution >= 4 is 5.82 Å². The molecule has 3 rings (SSSR count). The van der Waals surface area contributed by atoms with Crippen molar-refractivity contribution in [1.29, 1.82) is 0 Å². The van der Waals surface area contributed by atoms with Crippen LogP contribution in [-0.2, 0) is 26.4 Å². The maximum Gasteiger partial charge on any atom is 0.133 e. The van der Waals surface area contributed by atoms with Gasteiger partial charge in [0, 0.05) is 36.6 Å². The summed E-state index contributed by atoms with van der Waals surface area (Å²) < 4.78 is 1.85. The Labute approximate surface area is 119 Å². The molecule has 1 aliphatic rings. The van der Waals surface area contributed by atoms with Crippen molar-refractivity contribution in [2.75, 3.05) is 5.32 Å². The summed E-state index contributed by atoms with van der Waals surface area (Å²) in [5.74, 6) is 1.00. The first kappa shape index (κ1) is 13.1. The summed E-state index contributed by atoms with van der Waals surface area (Å²) in [6.07, 6.45) is 9.68. The van der Waals surface area contributed by atoms with Crippen LogP contribution in [0.2, 0.25) is 0 Å². The van der Waals surface area contributed by atoms with Gasteiger partial charge in [-0.2, -0.15) is 5.10 Å². The molecule has 1 aliphatic carbocycles. The zero-order chi connectivity index (χ0) is 13.9. The Bertz CT molecular complexity index is 602. The molecule has 2 heterocycles. The number of hydrogen-bond acceptors (Lipinski definition) is 4. The van der Waals surface area contributed by atoms with Crippen LogP contribution in [-0.4, -0.2) is 19.7 Å². The van der Waals surface area contributed by atoms with Crippen molar-refractivity contribution in [3.8, 4) is 0 Å². The van der Waals surface area contributed by atoms with Gasteiger partial charge in [0.2, 0.25) is 0 Å². The molecule has 0 spiro atoms. The van der Waals surface area contributed by atoms with Crippen LogP contribution in [0.5, 0.6) is 0 Å². The van der Waals surface area contributed by atoms with Gasteiger partial charge in [-0.05, 0) is 32.6 Å². The Kier molecular flexibility index (Phi) is 3.67. The van der Waals surface area contributed by atoms with E-state index in [1.54, 1.807) is 6.33 Å². The number of nitrogens with zero attached hydrogens (tertiary/aromatic N) is 4. The first-order valence-corrected chi connectivity index (χ1v) is 7.30. The largest absolute Gasteiger partial charge is 0.366 e. The number of fused-ring (bicyclic) bond motifs is 1. The third-order valence-corrected chi connectivity index (χ3v) is 3.94. The minimum absolute atomic E-state index is 0.767. The standard InChI is InChI=1S/C15H21N5/c1-11-12(9-20(2)19-11)8-16-15-13-6-4-3-5-7-14(13)17-10-18-15/h9-10H,3-8H2,1-2H3,(H,16,17,18). The predicted molar refractivity (Wildman–Crippen MR) is 78.6 cm³/mol. The number of anilines is 1. The number of nitrogens with one attached hydrogen (secondary N) is 1. The van der Waals surface area contributed by atoms with Gasteiger partial charge >= 0.3 is 0 Å². The second kappa shape index (κ2) is 5.61. The Morgan fingerprint density at radius 3 is 2.85 bits per heavy atom. The highest BCUT2D eigenvalue weighted by Crippen LogP contribution is 2.24. The smallest absolute Gasteiger partial charge is 0.133 e. The lowest BCUT2D eigenvalue weighted by Gasteiger charge is -2.12. The average molecular weight is 271 g/mol. The highest BCUT2D eigenvalue weighted by Gasteiger charge is 2.14. The predicted octanol–water partition coefficient (Wildman–Crippen LogP) is 2.40. The second-order valence-electron chi connectivity index (χ2n) is 5.48. The zero-order valence-corrected chi connectivity index (χ0v) is 12.2. The molecule has 2 aromatic heterocycles. The van der Waals surface area contributed by atoms with E-state index in [2.05, 4.69) is 26.6 Å². The first-order valence-electron chi connectivity index (χ1n) is 7.30. The summed E-state index contributed by atoms with van der Waals surface area (Å²) in [6.45, 7) is 2.81. The molecular weight excluding hydrogens is 250 g/mol. The third kappa shape index (κ3) is 2.66. The van der Waals surface area contributed by atoms with Crippen LogP contribution < -0.4 is 5.32 Å². The molecule has 0 unspecified atom stereocenters. The van der Waals surface area contributed by atoms with E-state index in [9.17, 15) is 0 Å². The van der Waals surface area contributed by atoms with Gasteiger partial charge in [-0.25, -0.2) is 9.97 Å². The highest BCUT2D eigenvalue weighted by molar-refractivity contribution is 5.47. The van der Waals surface area contributed by atoms with E-state index in [-0.39, 0.29) is 0 Å². The lowest BCUT2D eigenvalue weighted by Crippen LogP contribution is -2.08. The van der Waals surface area contributed by atoms with E-state index in [0.717, 1.165) is 30.9 Å². The molecule has 0 bridgehead atoms. The molecule has 5 nitrogen and oxygen atoms in total. The lowest BCUT2D eigenvalue weighted by molar-refractivity contribution is 0.708. The van der Waals surface area contributed by atoms with Crippen molar-refractivity contribution in [1.82, 2.24) is 19.7 Å². The summed E-state index contributed by atoms with van der Waals surface area (Å²) in [6, 6.07) is 0. The molecular formula is C15H21N5. The molecule has 0 amide bonds. The SMILES string of the molecule is Cc1nn(C)cc1CNc1ncnc2c1CCCCC2. The fraction of sp³-hybridized carbons (Fsp3) is 0.533. The van der Waals surface area contributed by atoms with Crippen molar-refractivity contribution < 1.29 is 0 Å². The van der Waals surface area contributed by atoms with Gasteiger partial charge in [-0.3, -0.25) is 4.68 Å². The topological polar surface area (TPSA) is 55.6 Å². The molecule has 0 aliphatic heterocycles. The van der Waals surface area contributed by atoms with Crippen molar-refractivity contribution in [3.63, 3.8) is 0 Å².